The fraction of sp³-hybridized carbons (Fsp3) is 0.667. The molecule has 0 aliphatic carbocycles. The fourth-order valence-electron chi connectivity index (χ4n) is 1.48. The quantitative estimate of drug-likeness (QED) is 0.715. The standard InChI is InChI=1S/C12H22N4/c1-4-6-13-8-11-9-15-12(10-14-11)16(3)7-5-2/h9-10,13H,4-8H2,1-3H3. The molecule has 0 amide bonds. The number of hydrogen-bond donors (Lipinski definition) is 1. The molecule has 1 N–H and O–H groups in total. The molecule has 0 spiro atoms. The molecule has 16 heavy (non-hydrogen) atoms. The first-order valence-corrected chi connectivity index (χ1v) is 6.00. The van der Waals surface area contributed by atoms with Crippen molar-refractivity contribution in [2.24, 2.45) is 0 Å². The minimum atomic E-state index is 0.804. The van der Waals surface area contributed by atoms with Gasteiger partial charge >= 0.3 is 0 Å². The van der Waals surface area contributed by atoms with Crippen molar-refractivity contribution in [2.75, 3.05) is 25.0 Å². The highest BCUT2D eigenvalue weighted by molar-refractivity contribution is 5.34. The van der Waals surface area contributed by atoms with Crippen molar-refractivity contribution in [3.8, 4) is 0 Å². The van der Waals surface area contributed by atoms with Crippen LogP contribution in [0.3, 0.4) is 0 Å². The number of aromatic nitrogens is 2. The molecule has 0 saturated heterocycles. The van der Waals surface area contributed by atoms with Crippen LogP contribution in [-0.4, -0.2) is 30.1 Å². The summed E-state index contributed by atoms with van der Waals surface area (Å²) in [6, 6.07) is 0. The molecule has 4 heteroatoms. The molecule has 0 radical (unpaired) electrons. The van der Waals surface area contributed by atoms with Crippen molar-refractivity contribution in [1.29, 1.82) is 0 Å². The Balaban J connectivity index is 2.47. The molecule has 0 bridgehead atoms. The number of anilines is 1. The molecule has 0 aromatic carbocycles. The highest BCUT2D eigenvalue weighted by Crippen LogP contribution is 2.06. The van der Waals surface area contributed by atoms with Crippen molar-refractivity contribution in [2.45, 2.75) is 33.2 Å². The van der Waals surface area contributed by atoms with Crippen LogP contribution in [0.15, 0.2) is 12.4 Å². The van der Waals surface area contributed by atoms with Crippen molar-refractivity contribution >= 4 is 5.82 Å². The summed E-state index contributed by atoms with van der Waals surface area (Å²) in [5, 5.41) is 3.31. The Morgan fingerprint density at radius 2 is 2.00 bits per heavy atom. The van der Waals surface area contributed by atoms with Crippen LogP contribution in [0, 0.1) is 0 Å². The van der Waals surface area contributed by atoms with Crippen LogP contribution >= 0.6 is 0 Å². The van der Waals surface area contributed by atoms with Crippen LogP contribution in [0.1, 0.15) is 32.4 Å². The summed E-state index contributed by atoms with van der Waals surface area (Å²) < 4.78 is 0. The Bertz CT molecular complexity index is 284. The van der Waals surface area contributed by atoms with E-state index in [1.54, 1.807) is 0 Å². The summed E-state index contributed by atoms with van der Waals surface area (Å²) in [5.74, 6) is 0.945. The Hall–Kier alpha value is -1.16. The summed E-state index contributed by atoms with van der Waals surface area (Å²) in [7, 11) is 2.04. The van der Waals surface area contributed by atoms with Gasteiger partial charge in [0.15, 0.2) is 0 Å². The third-order valence-electron chi connectivity index (χ3n) is 2.37. The summed E-state index contributed by atoms with van der Waals surface area (Å²) in [4.78, 5) is 10.9. The van der Waals surface area contributed by atoms with Crippen LogP contribution in [0.25, 0.3) is 0 Å². The van der Waals surface area contributed by atoms with E-state index < -0.39 is 0 Å². The van der Waals surface area contributed by atoms with E-state index in [1.165, 1.54) is 0 Å². The number of rotatable bonds is 7. The van der Waals surface area contributed by atoms with E-state index in [9.17, 15) is 0 Å². The second-order valence-corrected chi connectivity index (χ2v) is 3.96. The van der Waals surface area contributed by atoms with Crippen LogP contribution in [0.4, 0.5) is 5.82 Å². The van der Waals surface area contributed by atoms with E-state index in [-0.39, 0.29) is 0 Å². The third-order valence-corrected chi connectivity index (χ3v) is 2.37. The maximum atomic E-state index is 4.40. The molecule has 4 nitrogen and oxygen atoms in total. The van der Waals surface area contributed by atoms with E-state index in [0.29, 0.717) is 0 Å². The lowest BCUT2D eigenvalue weighted by atomic mass is 10.4. The zero-order valence-electron chi connectivity index (χ0n) is 10.5. The Kier molecular flexibility index (Phi) is 5.78. The maximum Gasteiger partial charge on any atom is 0.146 e. The van der Waals surface area contributed by atoms with E-state index in [2.05, 4.69) is 34.0 Å². The van der Waals surface area contributed by atoms with Crippen molar-refractivity contribution in [3.05, 3.63) is 18.1 Å². The summed E-state index contributed by atoms with van der Waals surface area (Å²) >= 11 is 0. The van der Waals surface area contributed by atoms with Gasteiger partial charge in [-0.15, -0.1) is 0 Å². The predicted octanol–water partition coefficient (Wildman–Crippen LogP) is 1.82. The lowest BCUT2D eigenvalue weighted by Crippen LogP contribution is -2.20. The largest absolute Gasteiger partial charge is 0.358 e. The molecule has 0 atom stereocenters. The topological polar surface area (TPSA) is 41.1 Å². The predicted molar refractivity (Wildman–Crippen MR) is 67.6 cm³/mol. The van der Waals surface area contributed by atoms with E-state index in [0.717, 1.165) is 44.0 Å². The van der Waals surface area contributed by atoms with Crippen molar-refractivity contribution in [1.82, 2.24) is 15.3 Å². The van der Waals surface area contributed by atoms with Gasteiger partial charge in [-0.3, -0.25) is 4.98 Å². The summed E-state index contributed by atoms with van der Waals surface area (Å²) in [6.07, 6.45) is 5.96. The van der Waals surface area contributed by atoms with Crippen LogP contribution in [0.5, 0.6) is 0 Å². The minimum absolute atomic E-state index is 0.804. The third kappa shape index (κ3) is 4.14. The van der Waals surface area contributed by atoms with Crippen molar-refractivity contribution in [3.63, 3.8) is 0 Å². The zero-order chi connectivity index (χ0) is 11.8. The number of nitrogens with one attached hydrogen (secondary N) is 1. The molecule has 1 aromatic heterocycles. The molecule has 1 rings (SSSR count). The minimum Gasteiger partial charge on any atom is -0.358 e. The molecule has 0 aliphatic rings. The highest BCUT2D eigenvalue weighted by Gasteiger charge is 2.01. The van der Waals surface area contributed by atoms with Gasteiger partial charge in [0.05, 0.1) is 18.1 Å². The van der Waals surface area contributed by atoms with E-state index in [1.807, 2.05) is 19.4 Å². The number of hydrogen-bond acceptors (Lipinski definition) is 4. The molecular formula is C12H22N4. The molecule has 0 saturated carbocycles. The average Bonchev–Trinajstić information content (AvgIpc) is 2.30. The first-order chi connectivity index (χ1) is 7.77. The van der Waals surface area contributed by atoms with Gasteiger partial charge in [-0.2, -0.15) is 0 Å². The van der Waals surface area contributed by atoms with Gasteiger partial charge in [-0.05, 0) is 19.4 Å². The van der Waals surface area contributed by atoms with Gasteiger partial charge in [-0.1, -0.05) is 13.8 Å². The lowest BCUT2D eigenvalue weighted by Gasteiger charge is -2.16. The molecule has 1 aromatic rings. The van der Waals surface area contributed by atoms with E-state index >= 15 is 0 Å². The zero-order valence-corrected chi connectivity index (χ0v) is 10.5. The Labute approximate surface area is 98.1 Å². The SMILES string of the molecule is CCCNCc1cnc(N(C)CCC)cn1. The highest BCUT2D eigenvalue weighted by atomic mass is 15.2. The maximum absolute atomic E-state index is 4.40. The van der Waals surface area contributed by atoms with Crippen molar-refractivity contribution < 1.29 is 0 Å². The second kappa shape index (κ2) is 7.17. The van der Waals surface area contributed by atoms with Gasteiger partial charge in [0.25, 0.3) is 0 Å². The molecule has 1 heterocycles. The van der Waals surface area contributed by atoms with Gasteiger partial charge in [0.1, 0.15) is 5.82 Å². The molecule has 0 aliphatic heterocycles. The average molecular weight is 222 g/mol. The Morgan fingerprint density at radius 1 is 1.19 bits per heavy atom. The fourth-order valence-corrected chi connectivity index (χ4v) is 1.48. The van der Waals surface area contributed by atoms with Gasteiger partial charge in [0.2, 0.25) is 0 Å². The monoisotopic (exact) mass is 222 g/mol. The van der Waals surface area contributed by atoms with Crippen LogP contribution < -0.4 is 10.2 Å². The van der Waals surface area contributed by atoms with E-state index in [4.69, 9.17) is 0 Å². The number of nitrogens with zero attached hydrogens (tertiary/aromatic N) is 3. The molecule has 90 valence electrons. The summed E-state index contributed by atoms with van der Waals surface area (Å²) in [6.45, 7) is 7.16. The second-order valence-electron chi connectivity index (χ2n) is 3.96. The molecule has 0 fully saturated rings. The summed E-state index contributed by atoms with van der Waals surface area (Å²) in [5.41, 5.74) is 1.00. The Morgan fingerprint density at radius 3 is 2.56 bits per heavy atom. The van der Waals surface area contributed by atoms with Gasteiger partial charge in [-0.25, -0.2) is 4.98 Å². The lowest BCUT2D eigenvalue weighted by molar-refractivity contribution is 0.661. The van der Waals surface area contributed by atoms with Crippen LogP contribution in [-0.2, 0) is 6.54 Å². The first kappa shape index (κ1) is 12.9. The van der Waals surface area contributed by atoms with Gasteiger partial charge < -0.3 is 10.2 Å². The molecular weight excluding hydrogens is 200 g/mol. The normalized spacial score (nSPS) is 10.4. The smallest absolute Gasteiger partial charge is 0.146 e. The van der Waals surface area contributed by atoms with Gasteiger partial charge in [0, 0.05) is 20.1 Å². The molecule has 0 unspecified atom stereocenters. The first-order valence-electron chi connectivity index (χ1n) is 6.00. The van der Waals surface area contributed by atoms with Crippen LogP contribution in [0.2, 0.25) is 0 Å².